The molecule has 31 heavy (non-hydrogen) atoms. The van der Waals surface area contributed by atoms with Gasteiger partial charge in [-0.1, -0.05) is 18.2 Å². The van der Waals surface area contributed by atoms with Crippen molar-refractivity contribution in [2.24, 2.45) is 5.92 Å². The van der Waals surface area contributed by atoms with Crippen molar-refractivity contribution in [3.05, 3.63) is 64.8 Å². The van der Waals surface area contributed by atoms with Gasteiger partial charge in [-0.2, -0.15) is 26.3 Å². The lowest BCUT2D eigenvalue weighted by Gasteiger charge is -2.36. The number of para-hydroxylation sites is 1. The summed E-state index contributed by atoms with van der Waals surface area (Å²) >= 11 is 0. The second-order valence-electron chi connectivity index (χ2n) is 8.07. The van der Waals surface area contributed by atoms with Crippen molar-refractivity contribution < 1.29 is 31.1 Å². The lowest BCUT2D eigenvalue weighted by Crippen LogP contribution is -2.31. The molecule has 1 N–H and O–H groups in total. The highest BCUT2D eigenvalue weighted by Gasteiger charge is 2.43. The quantitative estimate of drug-likeness (QED) is 0.450. The van der Waals surface area contributed by atoms with Crippen LogP contribution in [0.25, 0.3) is 10.9 Å². The second-order valence-corrected chi connectivity index (χ2v) is 8.07. The van der Waals surface area contributed by atoms with Crippen LogP contribution in [-0.2, 0) is 17.1 Å². The number of fused-ring (bicyclic) bond motifs is 2. The summed E-state index contributed by atoms with van der Waals surface area (Å²) in [6.07, 6.45) is -9.47. The van der Waals surface area contributed by atoms with E-state index in [1.54, 1.807) is 0 Å². The molecule has 9 heteroatoms. The topological polar surface area (TPSA) is 26.2 Å². The van der Waals surface area contributed by atoms with E-state index in [-0.39, 0.29) is 23.9 Å². The molecule has 1 fully saturated rings. The monoisotopic (exact) mass is 440 g/mol. The van der Waals surface area contributed by atoms with Gasteiger partial charge in [-0.25, -0.2) is 0 Å². The van der Waals surface area contributed by atoms with Gasteiger partial charge in [0.1, 0.15) is 6.23 Å². The van der Waals surface area contributed by atoms with Crippen molar-refractivity contribution in [2.45, 2.75) is 38.0 Å². The number of halogens is 6. The van der Waals surface area contributed by atoms with Crippen molar-refractivity contribution in [1.29, 1.82) is 0 Å². The van der Waals surface area contributed by atoms with Crippen molar-refractivity contribution in [3.8, 4) is 0 Å². The molecule has 3 atom stereocenters. The van der Waals surface area contributed by atoms with Gasteiger partial charge in [0.25, 0.3) is 0 Å². The largest absolute Gasteiger partial charge is 0.416 e. The molecular weight excluding hydrogens is 422 g/mol. The fourth-order valence-electron chi connectivity index (χ4n) is 4.85. The van der Waals surface area contributed by atoms with Crippen LogP contribution in [0.1, 0.15) is 41.1 Å². The zero-order chi connectivity index (χ0) is 22.1. The number of ether oxygens (including phenoxy) is 1. The Morgan fingerprint density at radius 1 is 0.968 bits per heavy atom. The number of hydrogen-bond acceptors (Lipinski definition) is 2. The van der Waals surface area contributed by atoms with E-state index in [1.165, 1.54) is 0 Å². The van der Waals surface area contributed by atoms with Crippen molar-refractivity contribution in [3.63, 3.8) is 0 Å². The van der Waals surface area contributed by atoms with Gasteiger partial charge in [0.05, 0.1) is 22.7 Å². The molecule has 0 saturated carbocycles. The first-order valence-corrected chi connectivity index (χ1v) is 9.82. The summed E-state index contributed by atoms with van der Waals surface area (Å²) in [5.41, 5.74) is -0.163. The first-order valence-electron chi connectivity index (χ1n) is 9.82. The maximum atomic E-state index is 13.3. The number of hydrogen-bond donors (Lipinski definition) is 1. The highest BCUT2D eigenvalue weighted by molar-refractivity contribution is 5.86. The molecule has 3 aromatic rings. The predicted molar refractivity (Wildman–Crippen MR) is 103 cm³/mol. The molecule has 0 amide bonds. The average molecular weight is 440 g/mol. The van der Waals surface area contributed by atoms with E-state index in [4.69, 9.17) is 4.74 Å². The van der Waals surface area contributed by atoms with Crippen LogP contribution >= 0.6 is 0 Å². The molecule has 2 aromatic carbocycles. The smallest absolute Gasteiger partial charge is 0.378 e. The summed E-state index contributed by atoms with van der Waals surface area (Å²) in [6, 6.07) is 8.78. The summed E-state index contributed by atoms with van der Waals surface area (Å²) in [4.78, 5) is 0. The molecule has 0 radical (unpaired) electrons. The minimum Gasteiger partial charge on any atom is -0.378 e. The summed E-state index contributed by atoms with van der Waals surface area (Å²) in [5.74, 6) is -0.131. The van der Waals surface area contributed by atoms with Gasteiger partial charge in [0.15, 0.2) is 0 Å². The molecule has 2 aliphatic heterocycles. The molecule has 3 heterocycles. The van der Waals surface area contributed by atoms with Crippen molar-refractivity contribution in [2.75, 3.05) is 11.9 Å². The zero-order valence-corrected chi connectivity index (χ0v) is 16.3. The summed E-state index contributed by atoms with van der Waals surface area (Å²) < 4.78 is 87.8. The number of nitrogens with one attached hydrogen (secondary N) is 1. The molecule has 3 nitrogen and oxygen atoms in total. The SMILES string of the molecule is Cc1cc2cccc3c2n1[C@H]1OCC[C@H]1[C@H]3Nc1cc(C(F)(F)F)cc(C(F)(F)F)c1. The molecule has 0 spiro atoms. The van der Waals surface area contributed by atoms with Crippen molar-refractivity contribution >= 4 is 16.6 Å². The Bertz CT molecular complexity index is 1130. The van der Waals surface area contributed by atoms with Crippen molar-refractivity contribution in [1.82, 2.24) is 4.57 Å². The molecule has 0 aliphatic carbocycles. The van der Waals surface area contributed by atoms with Crippen LogP contribution in [0.3, 0.4) is 0 Å². The Balaban J connectivity index is 1.64. The number of aryl methyl sites for hydroxylation is 1. The Hall–Kier alpha value is -2.68. The fourth-order valence-corrected chi connectivity index (χ4v) is 4.85. The van der Waals surface area contributed by atoms with E-state index >= 15 is 0 Å². The van der Waals surface area contributed by atoms with Gasteiger partial charge < -0.3 is 14.6 Å². The lowest BCUT2D eigenvalue weighted by molar-refractivity contribution is -0.143. The molecule has 1 saturated heterocycles. The molecule has 1 aromatic heterocycles. The van der Waals surface area contributed by atoms with Gasteiger partial charge in [0, 0.05) is 29.3 Å². The van der Waals surface area contributed by atoms with E-state index in [9.17, 15) is 26.3 Å². The molecule has 0 unspecified atom stereocenters. The van der Waals surface area contributed by atoms with Gasteiger partial charge in [0.2, 0.25) is 0 Å². The van der Waals surface area contributed by atoms with Crippen LogP contribution in [0.2, 0.25) is 0 Å². The zero-order valence-electron chi connectivity index (χ0n) is 16.3. The number of aromatic nitrogens is 1. The number of alkyl halides is 6. The second kappa shape index (κ2) is 6.66. The third kappa shape index (κ3) is 3.26. The molecule has 164 valence electrons. The van der Waals surface area contributed by atoms with Crippen LogP contribution in [-0.4, -0.2) is 11.2 Å². The first-order chi connectivity index (χ1) is 14.5. The predicted octanol–water partition coefficient (Wildman–Crippen LogP) is 6.69. The van der Waals surface area contributed by atoms with Gasteiger partial charge in [-0.05, 0) is 43.2 Å². The Kier molecular flexibility index (Phi) is 4.35. The number of anilines is 1. The van der Waals surface area contributed by atoms with Crippen LogP contribution in [0.5, 0.6) is 0 Å². The van der Waals surface area contributed by atoms with Crippen LogP contribution in [0.4, 0.5) is 32.0 Å². The summed E-state index contributed by atoms with van der Waals surface area (Å²) in [5, 5.41) is 3.95. The number of rotatable bonds is 2. The Morgan fingerprint density at radius 2 is 1.65 bits per heavy atom. The fraction of sp³-hybridized carbons (Fsp3) is 0.364. The third-order valence-electron chi connectivity index (χ3n) is 6.12. The standard InChI is InChI=1S/C22H18F6N2O/c1-11-7-12-3-2-4-16-18(17-5-6-31-20(17)30(11)19(12)16)29-15-9-13(21(23,24)25)8-14(10-15)22(26,27)28/h2-4,7-10,17-18,20,29H,5-6H2,1H3/t17-,18-,20-/m0/s1. The maximum absolute atomic E-state index is 13.3. The molecule has 2 aliphatic rings. The highest BCUT2D eigenvalue weighted by atomic mass is 19.4. The van der Waals surface area contributed by atoms with E-state index in [0.717, 1.165) is 34.3 Å². The van der Waals surface area contributed by atoms with E-state index in [0.29, 0.717) is 13.0 Å². The number of benzene rings is 2. The normalized spacial score (nSPS) is 23.3. The van der Waals surface area contributed by atoms with Crippen LogP contribution in [0.15, 0.2) is 42.5 Å². The maximum Gasteiger partial charge on any atom is 0.416 e. The molecule has 0 bridgehead atoms. The summed E-state index contributed by atoms with van der Waals surface area (Å²) in [6.45, 7) is 2.43. The molecule has 5 rings (SSSR count). The van der Waals surface area contributed by atoms with Gasteiger partial charge in [-0.15, -0.1) is 0 Å². The van der Waals surface area contributed by atoms with E-state index in [2.05, 4.69) is 9.88 Å². The third-order valence-corrected chi connectivity index (χ3v) is 6.12. The minimum absolute atomic E-state index is 0.131. The first kappa shape index (κ1) is 20.2. The summed E-state index contributed by atoms with van der Waals surface area (Å²) in [7, 11) is 0. The lowest BCUT2D eigenvalue weighted by atomic mass is 9.86. The van der Waals surface area contributed by atoms with E-state index < -0.39 is 29.5 Å². The minimum atomic E-state index is -4.89. The van der Waals surface area contributed by atoms with Crippen LogP contribution < -0.4 is 5.32 Å². The highest BCUT2D eigenvalue weighted by Crippen LogP contribution is 2.49. The average Bonchev–Trinajstić information content (AvgIpc) is 3.28. The molecular formula is C22H18F6N2O. The van der Waals surface area contributed by atoms with Gasteiger partial charge >= 0.3 is 12.4 Å². The van der Waals surface area contributed by atoms with Gasteiger partial charge in [-0.3, -0.25) is 0 Å². The van der Waals surface area contributed by atoms with E-state index in [1.807, 2.05) is 31.2 Å². The Morgan fingerprint density at radius 3 is 2.29 bits per heavy atom. The Labute approximate surface area is 173 Å². The van der Waals surface area contributed by atoms with Crippen LogP contribution in [0, 0.1) is 12.8 Å². The number of nitrogens with zero attached hydrogens (tertiary/aromatic N) is 1.